The summed E-state index contributed by atoms with van der Waals surface area (Å²) in [6, 6.07) is 14.4. The summed E-state index contributed by atoms with van der Waals surface area (Å²) in [5.41, 5.74) is -2.07. The zero-order chi connectivity index (χ0) is 26.8. The fourth-order valence-electron chi connectivity index (χ4n) is 5.03. The molecule has 1 amide bonds. The fourth-order valence-corrected chi connectivity index (χ4v) is 5.03. The molecule has 9 heteroatoms. The number of pyridine rings is 1. The Hall–Kier alpha value is -3.36. The summed E-state index contributed by atoms with van der Waals surface area (Å²) in [5.74, 6) is -1.63. The maximum atomic E-state index is 13.4. The minimum absolute atomic E-state index is 0.0687. The van der Waals surface area contributed by atoms with Gasteiger partial charge in [0, 0.05) is 12.4 Å². The Balaban J connectivity index is 1.63. The third-order valence-electron chi connectivity index (χ3n) is 7.19. The van der Waals surface area contributed by atoms with Crippen LogP contribution in [0.5, 0.6) is 0 Å². The van der Waals surface area contributed by atoms with Crippen LogP contribution in [0.25, 0.3) is 0 Å². The second-order valence-corrected chi connectivity index (χ2v) is 9.56. The lowest BCUT2D eigenvalue weighted by atomic mass is 9.71. The van der Waals surface area contributed by atoms with Crippen LogP contribution in [0.2, 0.25) is 0 Å². The number of halogens is 6. The van der Waals surface area contributed by atoms with Gasteiger partial charge in [-0.15, -0.1) is 0 Å². The summed E-state index contributed by atoms with van der Waals surface area (Å²) >= 11 is 0. The van der Waals surface area contributed by atoms with E-state index in [0.717, 1.165) is 24.0 Å². The van der Waals surface area contributed by atoms with E-state index in [1.54, 1.807) is 6.20 Å². The number of aromatic nitrogens is 1. The second kappa shape index (κ2) is 10.2. The molecule has 37 heavy (non-hydrogen) atoms. The van der Waals surface area contributed by atoms with Crippen molar-refractivity contribution >= 4 is 5.91 Å². The number of nitrogens with zero attached hydrogens (tertiary/aromatic N) is 1. The number of carbonyl (C=O) groups excluding carboxylic acids is 1. The van der Waals surface area contributed by atoms with Gasteiger partial charge in [-0.05, 0) is 79.5 Å². The van der Waals surface area contributed by atoms with Gasteiger partial charge >= 0.3 is 12.4 Å². The Morgan fingerprint density at radius 3 is 2.03 bits per heavy atom. The zero-order valence-electron chi connectivity index (χ0n) is 20.0. The molecule has 3 nitrogen and oxygen atoms in total. The minimum Gasteiger partial charge on any atom is -0.346 e. The average molecular weight is 521 g/mol. The van der Waals surface area contributed by atoms with Crippen molar-refractivity contribution < 1.29 is 31.1 Å². The number of amides is 1. The smallest absolute Gasteiger partial charge is 0.346 e. The molecule has 1 unspecified atom stereocenters. The molecule has 1 aliphatic rings. The molecule has 1 aliphatic carbocycles. The lowest BCUT2D eigenvalue weighted by Gasteiger charge is -2.42. The van der Waals surface area contributed by atoms with Gasteiger partial charge < -0.3 is 5.32 Å². The van der Waals surface area contributed by atoms with Crippen molar-refractivity contribution in [1.29, 1.82) is 0 Å². The molecule has 2 aromatic carbocycles. The Bertz CT molecular complexity index is 1180. The monoisotopic (exact) mass is 520 g/mol. The van der Waals surface area contributed by atoms with Gasteiger partial charge in [0.1, 0.15) is 0 Å². The molecule has 1 saturated carbocycles. The summed E-state index contributed by atoms with van der Waals surface area (Å²) in [6.07, 6.45) is -3.87. The minimum atomic E-state index is -4.98. The van der Waals surface area contributed by atoms with Crippen LogP contribution in [0.4, 0.5) is 26.3 Å². The Morgan fingerprint density at radius 2 is 1.51 bits per heavy atom. The molecule has 0 spiro atoms. The molecule has 0 saturated heterocycles. The molecule has 196 valence electrons. The molecule has 0 radical (unpaired) electrons. The van der Waals surface area contributed by atoms with Crippen molar-refractivity contribution in [2.24, 2.45) is 0 Å². The van der Waals surface area contributed by atoms with Crippen molar-refractivity contribution in [2.45, 2.75) is 62.3 Å². The van der Waals surface area contributed by atoms with E-state index >= 15 is 0 Å². The van der Waals surface area contributed by atoms with E-state index in [2.05, 4.69) is 10.3 Å². The number of benzene rings is 2. The molecular weight excluding hydrogens is 494 g/mol. The van der Waals surface area contributed by atoms with E-state index in [0.29, 0.717) is 25.0 Å². The van der Waals surface area contributed by atoms with Crippen LogP contribution in [-0.4, -0.2) is 10.9 Å². The maximum Gasteiger partial charge on any atom is 0.416 e. The Morgan fingerprint density at radius 1 is 0.919 bits per heavy atom. The third-order valence-corrected chi connectivity index (χ3v) is 7.19. The van der Waals surface area contributed by atoms with Crippen LogP contribution in [0.3, 0.4) is 0 Å². The van der Waals surface area contributed by atoms with Gasteiger partial charge in [0.25, 0.3) is 0 Å². The van der Waals surface area contributed by atoms with E-state index < -0.39 is 40.8 Å². The molecule has 3 aromatic rings. The van der Waals surface area contributed by atoms with Crippen LogP contribution in [0.1, 0.15) is 72.3 Å². The second-order valence-electron chi connectivity index (χ2n) is 9.56. The molecular formula is C28H26F6N2O. The van der Waals surface area contributed by atoms with Crippen molar-refractivity contribution in [3.8, 4) is 0 Å². The number of hydrogen-bond donors (Lipinski definition) is 1. The number of rotatable bonds is 5. The van der Waals surface area contributed by atoms with Gasteiger partial charge in [-0.2, -0.15) is 26.3 Å². The average Bonchev–Trinajstić information content (AvgIpc) is 2.88. The number of carbonyl (C=O) groups is 1. The quantitative estimate of drug-likeness (QED) is 0.352. The summed E-state index contributed by atoms with van der Waals surface area (Å²) in [5, 5.41) is 3.02. The van der Waals surface area contributed by atoms with Gasteiger partial charge in [0.15, 0.2) is 0 Å². The van der Waals surface area contributed by atoms with Crippen LogP contribution in [-0.2, 0) is 22.7 Å². The number of nitrogens with one attached hydrogen (secondary N) is 1. The lowest BCUT2D eigenvalue weighted by molar-refractivity contribution is -0.143. The van der Waals surface area contributed by atoms with Crippen LogP contribution in [0, 0.1) is 0 Å². The molecule has 1 aromatic heterocycles. The lowest BCUT2D eigenvalue weighted by Crippen LogP contribution is -2.49. The van der Waals surface area contributed by atoms with Gasteiger partial charge in [-0.3, -0.25) is 9.78 Å². The fraction of sp³-hybridized carbons (Fsp3) is 0.357. The summed E-state index contributed by atoms with van der Waals surface area (Å²) in [6.45, 7) is 1.32. The first-order valence-electron chi connectivity index (χ1n) is 12.0. The normalized spacial score (nSPS) is 21.3. The first-order valence-corrected chi connectivity index (χ1v) is 12.0. The highest BCUT2D eigenvalue weighted by atomic mass is 19.4. The molecule has 0 aliphatic heterocycles. The van der Waals surface area contributed by atoms with Crippen LogP contribution >= 0.6 is 0 Å². The van der Waals surface area contributed by atoms with Crippen molar-refractivity contribution in [1.82, 2.24) is 10.3 Å². The predicted octanol–water partition coefficient (Wildman–Crippen LogP) is 7.59. The predicted molar refractivity (Wildman–Crippen MR) is 127 cm³/mol. The molecule has 1 fully saturated rings. The van der Waals surface area contributed by atoms with Crippen LogP contribution in [0.15, 0.2) is 73.1 Å². The molecule has 4 rings (SSSR count). The summed E-state index contributed by atoms with van der Waals surface area (Å²) in [4.78, 5) is 17.6. The highest BCUT2D eigenvalue weighted by Gasteiger charge is 2.41. The SMILES string of the molecule is CC(C(=O)NC1(c2ccccc2)CCC(c2cccnc2)CC1)c1cc(C(F)(F)F)cc(C(F)(F)F)c1. The van der Waals surface area contributed by atoms with Crippen molar-refractivity contribution in [3.63, 3.8) is 0 Å². The molecule has 1 atom stereocenters. The van der Waals surface area contributed by atoms with E-state index in [1.807, 2.05) is 48.7 Å². The van der Waals surface area contributed by atoms with E-state index in [4.69, 9.17) is 0 Å². The van der Waals surface area contributed by atoms with Gasteiger partial charge in [0.05, 0.1) is 22.6 Å². The first kappa shape index (κ1) is 26.7. The standard InChI is InChI=1S/C28H26F6N2O/c1-18(21-14-23(27(29,30)31)16-24(15-21)28(32,33)34)25(37)36-26(22-7-3-2-4-8-22)11-9-19(10-12-26)20-6-5-13-35-17-20/h2-8,13-19H,9-12H2,1H3,(H,36,37). The Labute approximate surface area is 210 Å². The largest absolute Gasteiger partial charge is 0.416 e. The molecule has 1 N–H and O–H groups in total. The summed E-state index contributed by atoms with van der Waals surface area (Å²) in [7, 11) is 0. The number of alkyl halides is 6. The van der Waals surface area contributed by atoms with E-state index in [1.165, 1.54) is 6.92 Å². The highest BCUT2D eigenvalue weighted by Crippen LogP contribution is 2.44. The van der Waals surface area contributed by atoms with Gasteiger partial charge in [-0.25, -0.2) is 0 Å². The first-order chi connectivity index (χ1) is 17.4. The maximum absolute atomic E-state index is 13.4. The van der Waals surface area contributed by atoms with Crippen LogP contribution < -0.4 is 5.32 Å². The molecule has 1 heterocycles. The van der Waals surface area contributed by atoms with E-state index in [9.17, 15) is 31.1 Å². The van der Waals surface area contributed by atoms with Gasteiger partial charge in [-0.1, -0.05) is 36.4 Å². The van der Waals surface area contributed by atoms with Crippen molar-refractivity contribution in [3.05, 3.63) is 101 Å². The van der Waals surface area contributed by atoms with Crippen molar-refractivity contribution in [2.75, 3.05) is 0 Å². The van der Waals surface area contributed by atoms with E-state index in [-0.39, 0.29) is 17.5 Å². The highest BCUT2D eigenvalue weighted by molar-refractivity contribution is 5.84. The third kappa shape index (κ3) is 5.97. The zero-order valence-corrected chi connectivity index (χ0v) is 20.0. The Kier molecular flexibility index (Phi) is 7.35. The summed E-state index contributed by atoms with van der Waals surface area (Å²) < 4.78 is 80.2. The number of hydrogen-bond acceptors (Lipinski definition) is 2. The van der Waals surface area contributed by atoms with Gasteiger partial charge in [0.2, 0.25) is 5.91 Å². The topological polar surface area (TPSA) is 42.0 Å². The molecule has 0 bridgehead atoms.